The van der Waals surface area contributed by atoms with Gasteiger partial charge in [-0.3, -0.25) is 0 Å². The number of alkyl carbamates (subject to hydrolysis) is 1. The Balaban J connectivity index is 2.29. The maximum atomic E-state index is 12.9. The molecular formula is C17H23F3N2O4. The molecule has 0 aliphatic carbocycles. The predicted octanol–water partition coefficient (Wildman–Crippen LogP) is 3.34. The molecule has 2 rings (SSSR count). The Hall–Kier alpha value is -1.87. The van der Waals surface area contributed by atoms with Crippen molar-refractivity contribution in [1.29, 1.82) is 0 Å². The maximum Gasteiger partial charge on any atom is 0.433 e. The first-order valence-electron chi connectivity index (χ1n) is 8.30. The first-order chi connectivity index (χ1) is 12.0. The number of rotatable bonds is 4. The van der Waals surface area contributed by atoms with Crippen LogP contribution in [-0.2, 0) is 22.3 Å². The topological polar surface area (TPSA) is 80.7 Å². The number of nitrogens with one attached hydrogen (secondary N) is 1. The quantitative estimate of drug-likeness (QED) is 0.843. The van der Waals surface area contributed by atoms with Crippen molar-refractivity contribution < 1.29 is 32.5 Å². The van der Waals surface area contributed by atoms with Crippen LogP contribution < -0.4 is 5.32 Å². The van der Waals surface area contributed by atoms with Gasteiger partial charge in [0.1, 0.15) is 11.3 Å². The molecule has 2 heterocycles. The molecule has 0 radical (unpaired) electrons. The minimum Gasteiger partial charge on any atom is -0.444 e. The molecule has 1 amide bonds. The minimum atomic E-state index is -4.56. The Morgan fingerprint density at radius 2 is 2.08 bits per heavy atom. The summed E-state index contributed by atoms with van der Waals surface area (Å²) in [5.74, 6) is 0. The highest BCUT2D eigenvalue weighted by Crippen LogP contribution is 2.34. The van der Waals surface area contributed by atoms with Crippen LogP contribution in [0.2, 0.25) is 0 Å². The van der Waals surface area contributed by atoms with Crippen LogP contribution in [0, 0.1) is 0 Å². The Morgan fingerprint density at radius 1 is 1.38 bits per heavy atom. The molecule has 6 nitrogen and oxygen atoms in total. The largest absolute Gasteiger partial charge is 0.444 e. The summed E-state index contributed by atoms with van der Waals surface area (Å²) in [5.41, 5.74) is -1.15. The highest BCUT2D eigenvalue weighted by atomic mass is 19.4. The Labute approximate surface area is 149 Å². The number of aliphatic hydroxyl groups is 1. The van der Waals surface area contributed by atoms with E-state index in [4.69, 9.17) is 14.6 Å². The van der Waals surface area contributed by atoms with Gasteiger partial charge in [-0.15, -0.1) is 0 Å². The van der Waals surface area contributed by atoms with Gasteiger partial charge >= 0.3 is 12.3 Å². The number of carbonyl (C=O) groups is 1. The number of alkyl halides is 3. The van der Waals surface area contributed by atoms with Crippen LogP contribution in [0.5, 0.6) is 0 Å². The summed E-state index contributed by atoms with van der Waals surface area (Å²) in [6, 6.07) is 1.48. The lowest BCUT2D eigenvalue weighted by Crippen LogP contribution is -2.43. The van der Waals surface area contributed by atoms with Crippen LogP contribution in [-0.4, -0.2) is 34.5 Å². The third-order valence-corrected chi connectivity index (χ3v) is 3.76. The Kier molecular flexibility index (Phi) is 6.13. The van der Waals surface area contributed by atoms with E-state index in [2.05, 4.69) is 10.3 Å². The fourth-order valence-corrected chi connectivity index (χ4v) is 2.70. The van der Waals surface area contributed by atoms with E-state index in [1.165, 1.54) is 6.07 Å². The Morgan fingerprint density at radius 3 is 2.65 bits per heavy atom. The zero-order valence-corrected chi connectivity index (χ0v) is 14.9. The van der Waals surface area contributed by atoms with Crippen molar-refractivity contribution in [3.63, 3.8) is 0 Å². The smallest absolute Gasteiger partial charge is 0.433 e. The zero-order valence-electron chi connectivity index (χ0n) is 14.9. The number of carbonyl (C=O) groups excluding carboxylic acids is 1. The van der Waals surface area contributed by atoms with Crippen LogP contribution in [0.3, 0.4) is 0 Å². The van der Waals surface area contributed by atoms with Gasteiger partial charge in [0.2, 0.25) is 0 Å². The lowest BCUT2D eigenvalue weighted by Gasteiger charge is -2.34. The lowest BCUT2D eigenvalue weighted by molar-refractivity contribution is -0.141. The number of nitrogens with zero attached hydrogens (tertiary/aromatic N) is 1. The van der Waals surface area contributed by atoms with Gasteiger partial charge in [0.05, 0.1) is 24.4 Å². The summed E-state index contributed by atoms with van der Waals surface area (Å²) in [6.45, 7) is 4.97. The van der Waals surface area contributed by atoms with E-state index in [0.717, 1.165) is 6.07 Å². The second kappa shape index (κ2) is 7.79. The summed E-state index contributed by atoms with van der Waals surface area (Å²) < 4.78 is 49.5. The number of aliphatic hydroxyl groups excluding tert-OH is 1. The number of hydrogen-bond donors (Lipinski definition) is 2. The van der Waals surface area contributed by atoms with E-state index in [-0.39, 0.29) is 18.9 Å². The lowest BCUT2D eigenvalue weighted by atomic mass is 9.94. The molecule has 0 unspecified atom stereocenters. The van der Waals surface area contributed by atoms with E-state index in [1.54, 1.807) is 20.8 Å². The number of amides is 1. The molecular weight excluding hydrogens is 353 g/mol. The number of halogens is 3. The van der Waals surface area contributed by atoms with E-state index >= 15 is 0 Å². The van der Waals surface area contributed by atoms with Crippen LogP contribution in [0.15, 0.2) is 12.1 Å². The van der Waals surface area contributed by atoms with Crippen molar-refractivity contribution >= 4 is 6.09 Å². The van der Waals surface area contributed by atoms with Crippen molar-refractivity contribution in [2.45, 2.75) is 64.1 Å². The molecule has 0 spiro atoms. The summed E-state index contributed by atoms with van der Waals surface area (Å²) >= 11 is 0. The first kappa shape index (κ1) is 20.4. The number of fused-ring (bicyclic) bond motifs is 1. The van der Waals surface area contributed by atoms with E-state index in [0.29, 0.717) is 18.4 Å². The molecule has 26 heavy (non-hydrogen) atoms. The molecule has 1 aliphatic heterocycles. The minimum absolute atomic E-state index is 0.0584. The third-order valence-electron chi connectivity index (χ3n) is 3.76. The van der Waals surface area contributed by atoms with Crippen molar-refractivity contribution in [3.05, 3.63) is 29.1 Å². The number of pyridine rings is 1. The van der Waals surface area contributed by atoms with Crippen molar-refractivity contribution in [3.8, 4) is 0 Å². The van der Waals surface area contributed by atoms with Gasteiger partial charge in [0.15, 0.2) is 0 Å². The van der Waals surface area contributed by atoms with Crippen LogP contribution >= 0.6 is 0 Å². The molecule has 2 N–H and O–H groups in total. The fraction of sp³-hybridized carbons (Fsp3) is 0.647. The molecule has 0 fully saturated rings. The molecule has 146 valence electrons. The zero-order chi connectivity index (χ0) is 19.5. The number of ether oxygens (including phenoxy) is 2. The van der Waals surface area contributed by atoms with Crippen molar-refractivity contribution in [2.24, 2.45) is 0 Å². The summed E-state index contributed by atoms with van der Waals surface area (Å²) in [6.07, 6.45) is -4.90. The highest BCUT2D eigenvalue weighted by Gasteiger charge is 2.37. The molecule has 1 aromatic heterocycles. The second-order valence-corrected chi connectivity index (χ2v) is 7.07. The fourth-order valence-electron chi connectivity index (χ4n) is 2.70. The monoisotopic (exact) mass is 376 g/mol. The number of hydrogen-bond acceptors (Lipinski definition) is 5. The van der Waals surface area contributed by atoms with Crippen LogP contribution in [0.1, 0.15) is 56.6 Å². The molecule has 0 saturated heterocycles. The normalized spacial score (nSPS) is 20.4. The van der Waals surface area contributed by atoms with Crippen LogP contribution in [0.4, 0.5) is 18.0 Å². The Bertz CT molecular complexity index is 644. The van der Waals surface area contributed by atoms with Gasteiger partial charge in [-0.25, -0.2) is 9.78 Å². The van der Waals surface area contributed by atoms with Crippen molar-refractivity contribution in [2.75, 3.05) is 6.61 Å². The summed E-state index contributed by atoms with van der Waals surface area (Å²) in [5, 5.41) is 11.7. The molecule has 0 saturated carbocycles. The van der Waals surface area contributed by atoms with Gasteiger partial charge in [0, 0.05) is 12.2 Å². The van der Waals surface area contributed by atoms with Gasteiger partial charge in [-0.2, -0.15) is 13.2 Å². The van der Waals surface area contributed by atoms with E-state index < -0.39 is 35.7 Å². The van der Waals surface area contributed by atoms with Crippen molar-refractivity contribution in [1.82, 2.24) is 10.3 Å². The van der Waals surface area contributed by atoms with Gasteiger partial charge in [0.25, 0.3) is 0 Å². The maximum absolute atomic E-state index is 12.9. The third kappa shape index (κ3) is 5.31. The predicted molar refractivity (Wildman–Crippen MR) is 86.2 cm³/mol. The van der Waals surface area contributed by atoms with Gasteiger partial charge < -0.3 is 19.9 Å². The second-order valence-electron chi connectivity index (χ2n) is 7.07. The molecule has 9 heteroatoms. The van der Waals surface area contributed by atoms with Gasteiger partial charge in [-0.05, 0) is 39.7 Å². The van der Waals surface area contributed by atoms with Crippen LogP contribution in [0.25, 0.3) is 0 Å². The van der Waals surface area contributed by atoms with E-state index in [1.807, 2.05) is 0 Å². The summed E-state index contributed by atoms with van der Waals surface area (Å²) in [4.78, 5) is 15.8. The molecule has 0 bridgehead atoms. The molecule has 1 aliphatic rings. The number of aromatic nitrogens is 1. The molecule has 2 atom stereocenters. The first-order valence-corrected chi connectivity index (χ1v) is 8.30. The standard InChI is InChI=1S/C17H23F3N2O4/c1-16(2,3)26-15(24)22-14-10-6-7-13(17(18,19)20)21-11(10)9-25-12(14)5-4-8-23/h6-7,12,14,23H,4-5,8-9H2,1-3H3,(H,22,24)/t12-,14-/m0/s1. The summed E-state index contributed by atoms with van der Waals surface area (Å²) in [7, 11) is 0. The highest BCUT2D eigenvalue weighted by molar-refractivity contribution is 5.68. The average molecular weight is 376 g/mol. The molecule has 1 aromatic rings. The molecule has 0 aromatic carbocycles. The average Bonchev–Trinajstić information content (AvgIpc) is 2.51. The van der Waals surface area contributed by atoms with E-state index in [9.17, 15) is 18.0 Å². The SMILES string of the molecule is CC(C)(C)OC(=O)N[C@H]1c2ccc(C(F)(F)F)nc2CO[C@H]1CCCO. The van der Waals surface area contributed by atoms with Gasteiger partial charge in [-0.1, -0.05) is 6.07 Å².